The smallest absolute Gasteiger partial charge is 0.150 e. The van der Waals surface area contributed by atoms with E-state index >= 15 is 0 Å². The van der Waals surface area contributed by atoms with Crippen molar-refractivity contribution < 1.29 is 4.74 Å². The van der Waals surface area contributed by atoms with Gasteiger partial charge in [-0.15, -0.1) is 11.6 Å². The number of hydrogen-bond acceptors (Lipinski definition) is 2. The lowest BCUT2D eigenvalue weighted by Gasteiger charge is -2.30. The molecule has 0 fully saturated rings. The maximum Gasteiger partial charge on any atom is 0.150 e. The normalized spacial score (nSPS) is 12.6. The summed E-state index contributed by atoms with van der Waals surface area (Å²) in [6.45, 7) is 10.2. The van der Waals surface area contributed by atoms with Crippen LogP contribution >= 0.6 is 11.6 Å². The summed E-state index contributed by atoms with van der Waals surface area (Å²) in [5.41, 5.74) is 3.73. The number of aryl methyl sites for hydroxylation is 1. The topological polar surface area (TPSA) is 12.5 Å². The molecule has 2 aromatic carbocycles. The molecule has 0 saturated carbocycles. The summed E-state index contributed by atoms with van der Waals surface area (Å²) in [7, 11) is 0. The quantitative estimate of drug-likeness (QED) is 0.457. The van der Waals surface area contributed by atoms with Gasteiger partial charge in [0.15, 0.2) is 0 Å². The number of nitrogens with zero attached hydrogens (tertiary/aromatic N) is 1. The highest BCUT2D eigenvalue weighted by molar-refractivity contribution is 6.18. The van der Waals surface area contributed by atoms with Gasteiger partial charge in [0.1, 0.15) is 12.0 Å². The van der Waals surface area contributed by atoms with E-state index in [1.165, 1.54) is 16.7 Å². The van der Waals surface area contributed by atoms with Gasteiger partial charge in [0, 0.05) is 19.0 Å². The minimum Gasteiger partial charge on any atom is -0.475 e. The molecule has 2 nitrogen and oxygen atoms in total. The minimum atomic E-state index is -0.0387. The Morgan fingerprint density at radius 2 is 1.75 bits per heavy atom. The summed E-state index contributed by atoms with van der Waals surface area (Å²) >= 11 is 6.02. The van der Waals surface area contributed by atoms with Crippen molar-refractivity contribution in [2.45, 2.75) is 46.4 Å². The molecule has 0 saturated heterocycles. The number of ether oxygens (including phenoxy) is 1. The van der Waals surface area contributed by atoms with Crippen molar-refractivity contribution in [2.24, 2.45) is 0 Å². The van der Waals surface area contributed by atoms with Gasteiger partial charge in [0.2, 0.25) is 0 Å². The first kappa shape index (κ1) is 18.8. The maximum absolute atomic E-state index is 6.34. The Kier molecular flexibility index (Phi) is 7.14. The summed E-state index contributed by atoms with van der Waals surface area (Å²) in [6.07, 6.45) is -0.0387. The summed E-state index contributed by atoms with van der Waals surface area (Å²) in [4.78, 5) is 2.27. The van der Waals surface area contributed by atoms with Gasteiger partial charge in [-0.1, -0.05) is 56.3 Å². The molecule has 0 aromatic heterocycles. The Hall–Kier alpha value is -1.51. The molecule has 1 atom stereocenters. The molecule has 130 valence electrons. The largest absolute Gasteiger partial charge is 0.475 e. The summed E-state index contributed by atoms with van der Waals surface area (Å²) in [5, 5.41) is 0. The van der Waals surface area contributed by atoms with Crippen molar-refractivity contribution in [3.05, 3.63) is 65.2 Å². The SMILES string of the molecule is Cc1ccc(C(C)C)c(OC(C)N(CCCl)Cc2ccccc2)c1. The van der Waals surface area contributed by atoms with Gasteiger partial charge in [-0.2, -0.15) is 0 Å². The molecule has 0 aliphatic carbocycles. The first-order chi connectivity index (χ1) is 11.5. The zero-order chi connectivity index (χ0) is 17.5. The fourth-order valence-corrected chi connectivity index (χ4v) is 3.01. The van der Waals surface area contributed by atoms with Gasteiger partial charge in [0.05, 0.1) is 0 Å². The van der Waals surface area contributed by atoms with E-state index in [2.05, 4.69) is 75.1 Å². The molecule has 3 heteroatoms. The lowest BCUT2D eigenvalue weighted by atomic mass is 10.0. The first-order valence-electron chi connectivity index (χ1n) is 8.62. The van der Waals surface area contributed by atoms with Crippen LogP contribution in [0.5, 0.6) is 5.75 Å². The first-order valence-corrected chi connectivity index (χ1v) is 9.16. The van der Waals surface area contributed by atoms with Crippen LogP contribution in [0.3, 0.4) is 0 Å². The van der Waals surface area contributed by atoms with Crippen LogP contribution in [-0.2, 0) is 6.54 Å². The molecule has 0 radical (unpaired) electrons. The van der Waals surface area contributed by atoms with Crippen molar-refractivity contribution in [3.63, 3.8) is 0 Å². The van der Waals surface area contributed by atoms with Gasteiger partial charge in [-0.25, -0.2) is 0 Å². The van der Waals surface area contributed by atoms with Crippen LogP contribution in [-0.4, -0.2) is 23.6 Å². The van der Waals surface area contributed by atoms with Crippen molar-refractivity contribution in [1.29, 1.82) is 0 Å². The monoisotopic (exact) mass is 345 g/mol. The number of hydrogen-bond donors (Lipinski definition) is 0. The van der Waals surface area contributed by atoms with E-state index in [1.807, 2.05) is 6.07 Å². The van der Waals surface area contributed by atoms with E-state index in [0.29, 0.717) is 11.8 Å². The summed E-state index contributed by atoms with van der Waals surface area (Å²) < 4.78 is 6.34. The molecule has 0 spiro atoms. The predicted molar refractivity (Wildman–Crippen MR) is 103 cm³/mol. The van der Waals surface area contributed by atoms with Crippen LogP contribution in [0, 0.1) is 6.92 Å². The van der Waals surface area contributed by atoms with Crippen LogP contribution in [0.4, 0.5) is 0 Å². The number of alkyl halides is 1. The Balaban J connectivity index is 2.15. The molecular weight excluding hydrogens is 318 g/mol. The molecule has 0 N–H and O–H groups in total. The molecule has 2 rings (SSSR count). The van der Waals surface area contributed by atoms with E-state index in [4.69, 9.17) is 16.3 Å². The minimum absolute atomic E-state index is 0.0387. The Labute approximate surface area is 151 Å². The van der Waals surface area contributed by atoms with Gasteiger partial charge in [-0.05, 0) is 42.5 Å². The summed E-state index contributed by atoms with van der Waals surface area (Å²) in [5.74, 6) is 2.00. The third kappa shape index (κ3) is 5.25. The molecule has 0 aliphatic rings. The van der Waals surface area contributed by atoms with Gasteiger partial charge in [-0.3, -0.25) is 4.90 Å². The van der Waals surface area contributed by atoms with E-state index in [9.17, 15) is 0 Å². The number of rotatable bonds is 8. The van der Waals surface area contributed by atoms with Gasteiger partial charge >= 0.3 is 0 Å². The lowest BCUT2D eigenvalue weighted by Crippen LogP contribution is -2.38. The van der Waals surface area contributed by atoms with Gasteiger partial charge < -0.3 is 4.74 Å². The highest BCUT2D eigenvalue weighted by atomic mass is 35.5. The molecule has 24 heavy (non-hydrogen) atoms. The average Bonchev–Trinajstić information content (AvgIpc) is 2.55. The second-order valence-corrected chi connectivity index (χ2v) is 6.94. The van der Waals surface area contributed by atoms with Crippen molar-refractivity contribution in [2.75, 3.05) is 12.4 Å². The Bertz CT molecular complexity index is 627. The zero-order valence-electron chi connectivity index (χ0n) is 15.1. The molecule has 0 heterocycles. The second kappa shape index (κ2) is 9.10. The van der Waals surface area contributed by atoms with E-state index < -0.39 is 0 Å². The van der Waals surface area contributed by atoms with Crippen LogP contribution < -0.4 is 4.74 Å². The third-order valence-corrected chi connectivity index (χ3v) is 4.37. The highest BCUT2D eigenvalue weighted by Gasteiger charge is 2.18. The Morgan fingerprint density at radius 3 is 2.38 bits per heavy atom. The Morgan fingerprint density at radius 1 is 1.04 bits per heavy atom. The second-order valence-electron chi connectivity index (χ2n) is 6.56. The third-order valence-electron chi connectivity index (χ3n) is 4.20. The number of halogens is 1. The van der Waals surface area contributed by atoms with E-state index in [1.54, 1.807) is 0 Å². The highest BCUT2D eigenvalue weighted by Crippen LogP contribution is 2.29. The molecule has 0 bridgehead atoms. The fraction of sp³-hybridized carbons (Fsp3) is 0.429. The van der Waals surface area contributed by atoms with Crippen molar-refractivity contribution in [1.82, 2.24) is 4.90 Å². The average molecular weight is 346 g/mol. The van der Waals surface area contributed by atoms with E-state index in [0.717, 1.165) is 18.8 Å². The van der Waals surface area contributed by atoms with Crippen LogP contribution in [0.2, 0.25) is 0 Å². The maximum atomic E-state index is 6.34. The van der Waals surface area contributed by atoms with E-state index in [-0.39, 0.29) is 6.23 Å². The van der Waals surface area contributed by atoms with Gasteiger partial charge in [0.25, 0.3) is 0 Å². The summed E-state index contributed by atoms with van der Waals surface area (Å²) in [6, 6.07) is 16.9. The molecule has 0 aliphatic heterocycles. The molecule has 2 aromatic rings. The zero-order valence-corrected chi connectivity index (χ0v) is 15.9. The molecular formula is C21H28ClNO. The van der Waals surface area contributed by atoms with Crippen LogP contribution in [0.1, 0.15) is 43.4 Å². The standard InChI is InChI=1S/C21H28ClNO/c1-16(2)20-11-10-17(3)14-21(20)24-18(4)23(13-12-22)15-19-8-6-5-7-9-19/h5-11,14,16,18H,12-13,15H2,1-4H3. The molecule has 1 unspecified atom stereocenters. The lowest BCUT2D eigenvalue weighted by molar-refractivity contribution is 0.0373. The molecule has 0 amide bonds. The van der Waals surface area contributed by atoms with Crippen LogP contribution in [0.25, 0.3) is 0 Å². The van der Waals surface area contributed by atoms with Crippen molar-refractivity contribution in [3.8, 4) is 5.75 Å². The number of benzene rings is 2. The van der Waals surface area contributed by atoms with Crippen molar-refractivity contribution >= 4 is 11.6 Å². The fourth-order valence-electron chi connectivity index (χ4n) is 2.79. The predicted octanol–water partition coefficient (Wildman–Crippen LogP) is 5.58. The van der Waals surface area contributed by atoms with Crippen LogP contribution in [0.15, 0.2) is 48.5 Å².